The summed E-state index contributed by atoms with van der Waals surface area (Å²) in [5, 5.41) is 0. The third kappa shape index (κ3) is 5.74. The van der Waals surface area contributed by atoms with E-state index in [9.17, 15) is 9.59 Å². The molecular formula is C17H28N2O2. The minimum Gasteiger partial charge on any atom is -0.364 e. The van der Waals surface area contributed by atoms with E-state index in [-0.39, 0.29) is 16.9 Å². The van der Waals surface area contributed by atoms with E-state index in [1.165, 1.54) is 12.3 Å². The molecule has 0 bridgehead atoms. The van der Waals surface area contributed by atoms with E-state index in [1.807, 2.05) is 11.8 Å². The third-order valence-electron chi connectivity index (χ3n) is 3.53. The summed E-state index contributed by atoms with van der Waals surface area (Å²) in [5.41, 5.74) is 0.816. The number of rotatable bonds is 7. The second kappa shape index (κ2) is 8.01. The van der Waals surface area contributed by atoms with Crippen molar-refractivity contribution in [1.82, 2.24) is 9.88 Å². The Morgan fingerprint density at radius 3 is 2.10 bits per heavy atom. The topological polar surface area (TPSA) is 53.2 Å². The summed E-state index contributed by atoms with van der Waals surface area (Å²) < 4.78 is 0. The molecule has 118 valence electrons. The van der Waals surface area contributed by atoms with Crippen LogP contribution in [0.4, 0.5) is 0 Å². The van der Waals surface area contributed by atoms with E-state index >= 15 is 0 Å². The Bertz CT molecular complexity index is 506. The van der Waals surface area contributed by atoms with E-state index in [1.54, 1.807) is 0 Å². The summed E-state index contributed by atoms with van der Waals surface area (Å²) >= 11 is 0. The molecule has 0 spiro atoms. The molecule has 0 unspecified atom stereocenters. The maximum absolute atomic E-state index is 12.6. The van der Waals surface area contributed by atoms with Gasteiger partial charge in [-0.3, -0.25) is 9.59 Å². The summed E-state index contributed by atoms with van der Waals surface area (Å²) in [4.78, 5) is 29.4. The average Bonchev–Trinajstić information content (AvgIpc) is 2.37. The average molecular weight is 292 g/mol. The van der Waals surface area contributed by atoms with Crippen LogP contribution in [0.5, 0.6) is 0 Å². The predicted molar refractivity (Wildman–Crippen MR) is 86.6 cm³/mol. The summed E-state index contributed by atoms with van der Waals surface area (Å²) in [5.74, 6) is 0.920. The quantitative estimate of drug-likeness (QED) is 0.839. The number of hydrogen-bond donors (Lipinski definition) is 1. The summed E-state index contributed by atoms with van der Waals surface area (Å²) in [6.45, 7) is 11.8. The van der Waals surface area contributed by atoms with Crippen LogP contribution in [0.2, 0.25) is 0 Å². The molecule has 0 aliphatic rings. The highest BCUT2D eigenvalue weighted by Crippen LogP contribution is 2.09. The molecule has 0 fully saturated rings. The van der Waals surface area contributed by atoms with E-state index in [4.69, 9.17) is 0 Å². The number of carbonyl (C=O) groups is 1. The van der Waals surface area contributed by atoms with Gasteiger partial charge < -0.3 is 9.88 Å². The fraction of sp³-hybridized carbons (Fsp3) is 0.647. The molecule has 1 rings (SSSR count). The maximum Gasteiger partial charge on any atom is 0.259 e. The molecule has 1 aromatic rings. The van der Waals surface area contributed by atoms with Gasteiger partial charge in [-0.2, -0.15) is 0 Å². The lowest BCUT2D eigenvalue weighted by Gasteiger charge is -2.24. The van der Waals surface area contributed by atoms with E-state index in [0.29, 0.717) is 24.9 Å². The summed E-state index contributed by atoms with van der Waals surface area (Å²) in [6.07, 6.45) is 3.44. The molecule has 4 nitrogen and oxygen atoms in total. The molecule has 1 amide bonds. The van der Waals surface area contributed by atoms with E-state index in [2.05, 4.69) is 32.7 Å². The van der Waals surface area contributed by atoms with E-state index < -0.39 is 0 Å². The van der Waals surface area contributed by atoms with Crippen LogP contribution in [0.3, 0.4) is 0 Å². The number of aryl methyl sites for hydroxylation is 1. The van der Waals surface area contributed by atoms with Crippen LogP contribution in [0.25, 0.3) is 0 Å². The predicted octanol–water partition coefficient (Wildman–Crippen LogP) is 3.22. The first-order valence-corrected chi connectivity index (χ1v) is 7.79. The fourth-order valence-corrected chi connectivity index (χ4v) is 2.05. The van der Waals surface area contributed by atoms with Crippen LogP contribution in [-0.2, 0) is 0 Å². The molecule has 0 atom stereocenters. The van der Waals surface area contributed by atoms with Gasteiger partial charge in [0.05, 0.1) is 0 Å². The third-order valence-corrected chi connectivity index (χ3v) is 3.53. The molecule has 0 aliphatic carbocycles. The number of aromatic nitrogens is 1. The molecule has 0 aliphatic heterocycles. The van der Waals surface area contributed by atoms with Gasteiger partial charge in [0.25, 0.3) is 5.91 Å². The van der Waals surface area contributed by atoms with Crippen molar-refractivity contribution in [2.75, 3.05) is 13.1 Å². The van der Waals surface area contributed by atoms with Crippen LogP contribution >= 0.6 is 0 Å². The van der Waals surface area contributed by atoms with Gasteiger partial charge in [0.1, 0.15) is 5.56 Å². The lowest BCUT2D eigenvalue weighted by Crippen LogP contribution is -2.36. The van der Waals surface area contributed by atoms with Crippen molar-refractivity contribution in [2.45, 2.75) is 47.5 Å². The zero-order valence-electron chi connectivity index (χ0n) is 13.9. The van der Waals surface area contributed by atoms with Crippen molar-refractivity contribution in [2.24, 2.45) is 11.8 Å². The first-order valence-electron chi connectivity index (χ1n) is 7.79. The first-order chi connectivity index (χ1) is 9.81. The number of nitrogens with zero attached hydrogens (tertiary/aromatic N) is 1. The minimum absolute atomic E-state index is 0.155. The molecule has 0 aromatic carbocycles. The lowest BCUT2D eigenvalue weighted by molar-refractivity contribution is 0.0739. The Labute approximate surface area is 127 Å². The van der Waals surface area contributed by atoms with Gasteiger partial charge in [-0.15, -0.1) is 0 Å². The molecule has 21 heavy (non-hydrogen) atoms. The van der Waals surface area contributed by atoms with E-state index in [0.717, 1.165) is 18.5 Å². The SMILES string of the molecule is Cc1cc(=O)c(C(=O)N(CCC(C)C)CCC(C)C)c[nH]1. The van der Waals surface area contributed by atoms with Gasteiger partial charge in [0, 0.05) is 31.0 Å². The van der Waals surface area contributed by atoms with Crippen molar-refractivity contribution in [3.8, 4) is 0 Å². The zero-order chi connectivity index (χ0) is 16.0. The number of nitrogens with one attached hydrogen (secondary N) is 1. The van der Waals surface area contributed by atoms with Crippen molar-refractivity contribution in [3.63, 3.8) is 0 Å². The van der Waals surface area contributed by atoms with Crippen molar-refractivity contribution >= 4 is 5.91 Å². The van der Waals surface area contributed by atoms with Gasteiger partial charge >= 0.3 is 0 Å². The molecule has 0 radical (unpaired) electrons. The van der Waals surface area contributed by atoms with Crippen LogP contribution in [0, 0.1) is 18.8 Å². The lowest BCUT2D eigenvalue weighted by atomic mass is 10.1. The van der Waals surface area contributed by atoms with Crippen molar-refractivity contribution in [1.29, 1.82) is 0 Å². The fourth-order valence-electron chi connectivity index (χ4n) is 2.05. The number of H-pyrrole nitrogens is 1. The van der Waals surface area contributed by atoms with Gasteiger partial charge in [-0.1, -0.05) is 27.7 Å². The highest BCUT2D eigenvalue weighted by molar-refractivity contribution is 5.93. The molecule has 1 heterocycles. The Hall–Kier alpha value is -1.58. The summed E-state index contributed by atoms with van der Waals surface area (Å²) in [6, 6.07) is 1.48. The van der Waals surface area contributed by atoms with Crippen LogP contribution in [0.15, 0.2) is 17.1 Å². The largest absolute Gasteiger partial charge is 0.364 e. The molecule has 1 aromatic heterocycles. The second-order valence-corrected chi connectivity index (χ2v) is 6.55. The zero-order valence-corrected chi connectivity index (χ0v) is 13.9. The van der Waals surface area contributed by atoms with Crippen LogP contribution in [-0.4, -0.2) is 28.9 Å². The molecule has 4 heteroatoms. The van der Waals surface area contributed by atoms with Crippen LogP contribution < -0.4 is 5.43 Å². The van der Waals surface area contributed by atoms with Gasteiger partial charge in [-0.25, -0.2) is 0 Å². The Balaban J connectivity index is 2.89. The number of carbonyl (C=O) groups excluding carboxylic acids is 1. The van der Waals surface area contributed by atoms with Gasteiger partial charge in [0.15, 0.2) is 5.43 Å². The van der Waals surface area contributed by atoms with Gasteiger partial charge in [-0.05, 0) is 31.6 Å². The number of aromatic amines is 1. The first kappa shape index (κ1) is 17.5. The standard InChI is InChI=1S/C17H28N2O2/c1-12(2)6-8-19(9-7-13(3)4)17(21)15-11-18-14(5)10-16(15)20/h10-13H,6-9H2,1-5H3,(H,18,20). The minimum atomic E-state index is -0.199. The Morgan fingerprint density at radius 2 is 1.67 bits per heavy atom. The number of hydrogen-bond acceptors (Lipinski definition) is 2. The smallest absolute Gasteiger partial charge is 0.259 e. The molecular weight excluding hydrogens is 264 g/mol. The monoisotopic (exact) mass is 292 g/mol. The highest BCUT2D eigenvalue weighted by atomic mass is 16.2. The number of amides is 1. The molecule has 0 saturated carbocycles. The summed E-state index contributed by atoms with van der Waals surface area (Å²) in [7, 11) is 0. The molecule has 1 N–H and O–H groups in total. The Kier molecular flexibility index (Phi) is 6.66. The Morgan fingerprint density at radius 1 is 1.14 bits per heavy atom. The van der Waals surface area contributed by atoms with Gasteiger partial charge in [0.2, 0.25) is 0 Å². The highest BCUT2D eigenvalue weighted by Gasteiger charge is 2.19. The second-order valence-electron chi connectivity index (χ2n) is 6.55. The van der Waals surface area contributed by atoms with Crippen molar-refractivity contribution < 1.29 is 4.79 Å². The normalized spacial score (nSPS) is 11.2. The maximum atomic E-state index is 12.6. The van der Waals surface area contributed by atoms with Crippen molar-refractivity contribution in [3.05, 3.63) is 33.7 Å². The molecule has 0 saturated heterocycles. The van der Waals surface area contributed by atoms with Crippen LogP contribution in [0.1, 0.15) is 56.6 Å². The number of pyridine rings is 1.